The molecule has 0 spiro atoms. The van der Waals surface area contributed by atoms with Gasteiger partial charge in [-0.05, 0) is 30.5 Å². The van der Waals surface area contributed by atoms with Gasteiger partial charge in [0.25, 0.3) is 0 Å². The van der Waals surface area contributed by atoms with Gasteiger partial charge in [-0.1, -0.05) is 30.3 Å². The van der Waals surface area contributed by atoms with E-state index in [-0.39, 0.29) is 11.9 Å². The van der Waals surface area contributed by atoms with Crippen molar-refractivity contribution < 1.29 is 14.3 Å². The summed E-state index contributed by atoms with van der Waals surface area (Å²) in [7, 11) is 1.46. The van der Waals surface area contributed by atoms with Crippen molar-refractivity contribution in [2.45, 2.75) is 25.4 Å². The second-order valence-electron chi connectivity index (χ2n) is 6.52. The third-order valence-corrected chi connectivity index (χ3v) is 4.59. The van der Waals surface area contributed by atoms with Crippen LogP contribution in [0.25, 0.3) is 0 Å². The van der Waals surface area contributed by atoms with E-state index in [4.69, 9.17) is 4.74 Å². The monoisotopic (exact) mass is 368 g/mol. The van der Waals surface area contributed by atoms with Gasteiger partial charge in [-0.25, -0.2) is 4.98 Å². The molecule has 1 aliphatic rings. The lowest BCUT2D eigenvalue weighted by atomic mass is 10.0. The summed E-state index contributed by atoms with van der Waals surface area (Å²) in [6.45, 7) is 2.68. The Hall–Kier alpha value is -2.93. The summed E-state index contributed by atoms with van der Waals surface area (Å²) in [5, 5.41) is 5.37. The van der Waals surface area contributed by atoms with Crippen LogP contribution in [0.4, 0.5) is 5.69 Å². The standard InChI is InChI=1S/C20H24N4O3/c1-27-20-17(8-5-11-21-20)23-19(26)18(25)22-16-9-12-24(13-10-16)14-15-6-3-2-4-7-15/h2-8,11,16H,9-10,12-14H2,1H3,(H,22,25)(H,23,26). The van der Waals surface area contributed by atoms with Crippen LogP contribution < -0.4 is 15.4 Å². The molecule has 0 radical (unpaired) electrons. The average Bonchev–Trinajstić information content (AvgIpc) is 2.70. The number of pyridine rings is 1. The number of nitrogens with one attached hydrogen (secondary N) is 2. The zero-order valence-corrected chi connectivity index (χ0v) is 15.4. The number of carbonyl (C=O) groups excluding carboxylic acids is 2. The molecule has 0 unspecified atom stereocenters. The van der Waals surface area contributed by atoms with Gasteiger partial charge in [0, 0.05) is 31.9 Å². The van der Waals surface area contributed by atoms with E-state index in [0.29, 0.717) is 5.69 Å². The van der Waals surface area contributed by atoms with E-state index in [0.717, 1.165) is 32.5 Å². The number of carbonyl (C=O) groups is 2. The summed E-state index contributed by atoms with van der Waals surface area (Å²) in [5.41, 5.74) is 1.66. The number of hydrogen-bond donors (Lipinski definition) is 2. The van der Waals surface area contributed by atoms with Gasteiger partial charge in [0.15, 0.2) is 0 Å². The van der Waals surface area contributed by atoms with E-state index < -0.39 is 11.8 Å². The predicted molar refractivity (Wildman–Crippen MR) is 102 cm³/mol. The van der Waals surface area contributed by atoms with Crippen LogP contribution in [0.1, 0.15) is 18.4 Å². The van der Waals surface area contributed by atoms with Gasteiger partial charge >= 0.3 is 11.8 Å². The Labute approximate surface area is 158 Å². The van der Waals surface area contributed by atoms with Gasteiger partial charge in [0.1, 0.15) is 5.69 Å². The minimum atomic E-state index is -0.715. The Morgan fingerprint density at radius 3 is 2.56 bits per heavy atom. The summed E-state index contributed by atoms with van der Waals surface area (Å²) in [4.78, 5) is 30.7. The number of likely N-dealkylation sites (tertiary alicyclic amines) is 1. The molecule has 7 nitrogen and oxygen atoms in total. The van der Waals surface area contributed by atoms with Gasteiger partial charge < -0.3 is 15.4 Å². The Balaban J connectivity index is 1.45. The molecule has 0 bridgehead atoms. The maximum absolute atomic E-state index is 12.2. The van der Waals surface area contributed by atoms with Crippen molar-refractivity contribution >= 4 is 17.5 Å². The molecule has 0 saturated carbocycles. The highest BCUT2D eigenvalue weighted by Gasteiger charge is 2.24. The number of anilines is 1. The quantitative estimate of drug-likeness (QED) is 0.787. The lowest BCUT2D eigenvalue weighted by Crippen LogP contribution is -2.47. The smallest absolute Gasteiger partial charge is 0.313 e. The zero-order valence-electron chi connectivity index (χ0n) is 15.4. The third kappa shape index (κ3) is 5.27. The molecule has 1 aromatic carbocycles. The first-order valence-corrected chi connectivity index (χ1v) is 9.03. The molecule has 142 valence electrons. The van der Waals surface area contributed by atoms with Crippen LogP contribution in [0, 0.1) is 0 Å². The summed E-state index contributed by atoms with van der Waals surface area (Å²) in [6, 6.07) is 13.6. The number of rotatable bonds is 5. The average molecular weight is 368 g/mol. The van der Waals surface area contributed by atoms with Crippen LogP contribution in [-0.2, 0) is 16.1 Å². The number of ether oxygens (including phenoxy) is 1. The molecule has 1 fully saturated rings. The van der Waals surface area contributed by atoms with Gasteiger partial charge in [-0.2, -0.15) is 0 Å². The highest BCUT2D eigenvalue weighted by atomic mass is 16.5. The molecule has 3 rings (SSSR count). The highest BCUT2D eigenvalue weighted by molar-refractivity contribution is 6.39. The van der Waals surface area contributed by atoms with E-state index >= 15 is 0 Å². The maximum atomic E-state index is 12.2. The first kappa shape index (κ1) is 18.8. The largest absolute Gasteiger partial charge is 0.480 e. The van der Waals surface area contributed by atoms with Crippen LogP contribution in [0.2, 0.25) is 0 Å². The first-order chi connectivity index (χ1) is 13.2. The fourth-order valence-corrected chi connectivity index (χ4v) is 3.16. The van der Waals surface area contributed by atoms with Crippen molar-refractivity contribution in [1.29, 1.82) is 0 Å². The number of nitrogens with zero attached hydrogens (tertiary/aromatic N) is 2. The first-order valence-electron chi connectivity index (χ1n) is 9.03. The molecular formula is C20H24N4O3. The van der Waals surface area contributed by atoms with Crippen LogP contribution in [0.15, 0.2) is 48.7 Å². The normalized spacial score (nSPS) is 15.1. The summed E-state index contributed by atoms with van der Waals surface area (Å²) in [6.07, 6.45) is 3.20. The molecule has 2 amide bonds. The summed E-state index contributed by atoms with van der Waals surface area (Å²) in [5.74, 6) is -1.08. The van der Waals surface area contributed by atoms with Crippen LogP contribution >= 0.6 is 0 Å². The number of amides is 2. The lowest BCUT2D eigenvalue weighted by Gasteiger charge is -2.32. The number of piperidine rings is 1. The topological polar surface area (TPSA) is 83.6 Å². The van der Waals surface area contributed by atoms with Gasteiger partial charge in [0.05, 0.1) is 7.11 Å². The second-order valence-corrected chi connectivity index (χ2v) is 6.52. The summed E-state index contributed by atoms with van der Waals surface area (Å²) < 4.78 is 5.07. The van der Waals surface area contributed by atoms with E-state index in [1.54, 1.807) is 18.3 Å². The minimum absolute atomic E-state index is 0.00562. The predicted octanol–water partition coefficient (Wildman–Crippen LogP) is 1.81. The molecule has 1 saturated heterocycles. The zero-order chi connectivity index (χ0) is 19.1. The molecule has 2 N–H and O–H groups in total. The van der Waals surface area contributed by atoms with Crippen molar-refractivity contribution in [2.24, 2.45) is 0 Å². The van der Waals surface area contributed by atoms with Crippen LogP contribution in [0.5, 0.6) is 5.88 Å². The van der Waals surface area contributed by atoms with Gasteiger partial charge in [-0.15, -0.1) is 0 Å². The lowest BCUT2D eigenvalue weighted by molar-refractivity contribution is -0.136. The molecule has 27 heavy (non-hydrogen) atoms. The van der Waals surface area contributed by atoms with E-state index in [1.807, 2.05) is 18.2 Å². The van der Waals surface area contributed by atoms with E-state index in [2.05, 4.69) is 32.7 Å². The number of hydrogen-bond acceptors (Lipinski definition) is 5. The Morgan fingerprint density at radius 1 is 1.11 bits per heavy atom. The number of benzene rings is 1. The molecule has 2 heterocycles. The number of methoxy groups -OCH3 is 1. The third-order valence-electron chi connectivity index (χ3n) is 4.59. The molecule has 0 atom stereocenters. The minimum Gasteiger partial charge on any atom is -0.480 e. The van der Waals surface area contributed by atoms with Crippen molar-refractivity contribution in [3.8, 4) is 5.88 Å². The molecule has 0 aliphatic carbocycles. The van der Waals surface area contributed by atoms with Crippen molar-refractivity contribution in [3.05, 3.63) is 54.2 Å². The molecule has 1 aromatic heterocycles. The van der Waals surface area contributed by atoms with E-state index in [9.17, 15) is 9.59 Å². The Bertz CT molecular complexity index is 774. The maximum Gasteiger partial charge on any atom is 0.313 e. The fourth-order valence-electron chi connectivity index (χ4n) is 3.16. The fraction of sp³-hybridized carbons (Fsp3) is 0.350. The van der Waals surface area contributed by atoms with Crippen LogP contribution in [-0.4, -0.2) is 47.9 Å². The summed E-state index contributed by atoms with van der Waals surface area (Å²) >= 11 is 0. The molecule has 1 aliphatic heterocycles. The molecule has 7 heteroatoms. The van der Waals surface area contributed by atoms with Gasteiger partial charge in [0.2, 0.25) is 5.88 Å². The molecule has 2 aromatic rings. The highest BCUT2D eigenvalue weighted by Crippen LogP contribution is 2.19. The Kier molecular flexibility index (Phi) is 6.38. The second kappa shape index (κ2) is 9.14. The van der Waals surface area contributed by atoms with Crippen molar-refractivity contribution in [2.75, 3.05) is 25.5 Å². The van der Waals surface area contributed by atoms with Crippen LogP contribution in [0.3, 0.4) is 0 Å². The Morgan fingerprint density at radius 2 is 1.85 bits per heavy atom. The SMILES string of the molecule is COc1ncccc1NC(=O)C(=O)NC1CCN(Cc2ccccc2)CC1. The van der Waals surface area contributed by atoms with Crippen molar-refractivity contribution in [3.63, 3.8) is 0 Å². The molecular weight excluding hydrogens is 344 g/mol. The van der Waals surface area contributed by atoms with Gasteiger partial charge in [-0.3, -0.25) is 14.5 Å². The number of aromatic nitrogens is 1. The van der Waals surface area contributed by atoms with Crippen molar-refractivity contribution in [1.82, 2.24) is 15.2 Å². The van der Waals surface area contributed by atoms with E-state index in [1.165, 1.54) is 12.7 Å².